The number of halogens is 1. The van der Waals surface area contributed by atoms with Crippen LogP contribution in [0.15, 0.2) is 59.5 Å². The fourth-order valence-corrected chi connectivity index (χ4v) is 5.23. The van der Waals surface area contributed by atoms with Gasteiger partial charge in [0.2, 0.25) is 0 Å². The van der Waals surface area contributed by atoms with E-state index < -0.39 is 17.7 Å². The molecule has 2 heterocycles. The van der Waals surface area contributed by atoms with Crippen LogP contribution in [0.25, 0.3) is 5.76 Å². The number of hydrogen-bond acceptors (Lipinski definition) is 5. The zero-order valence-electron chi connectivity index (χ0n) is 19.7. The van der Waals surface area contributed by atoms with Gasteiger partial charge in [-0.15, -0.1) is 11.3 Å². The second-order valence-electron chi connectivity index (χ2n) is 9.28. The number of ether oxygens (including phenoxy) is 1. The molecule has 176 valence electrons. The number of amides is 1. The number of thiophene rings is 1. The van der Waals surface area contributed by atoms with Crippen LogP contribution in [-0.4, -0.2) is 23.9 Å². The molecule has 1 aliphatic rings. The zero-order valence-corrected chi connectivity index (χ0v) is 21.3. The van der Waals surface area contributed by atoms with Crippen molar-refractivity contribution in [3.63, 3.8) is 0 Å². The number of aryl methyl sites for hydroxylation is 1. The third kappa shape index (κ3) is 4.12. The number of benzene rings is 2. The van der Waals surface area contributed by atoms with Crippen molar-refractivity contribution >= 4 is 46.1 Å². The van der Waals surface area contributed by atoms with E-state index in [4.69, 9.17) is 16.3 Å². The maximum atomic E-state index is 13.3. The fourth-order valence-electron chi connectivity index (χ4n) is 4.24. The lowest BCUT2D eigenvalue weighted by molar-refractivity contribution is -0.132. The van der Waals surface area contributed by atoms with Crippen LogP contribution in [0.4, 0.5) is 5.69 Å². The number of carbonyl (C=O) groups is 2. The molecule has 1 N–H and O–H groups in total. The number of ketones is 1. The van der Waals surface area contributed by atoms with Gasteiger partial charge in [0.05, 0.1) is 12.7 Å². The van der Waals surface area contributed by atoms with Gasteiger partial charge in [0.1, 0.15) is 17.6 Å². The van der Waals surface area contributed by atoms with Crippen LogP contribution >= 0.6 is 22.9 Å². The quantitative estimate of drug-likeness (QED) is 0.250. The minimum Gasteiger partial charge on any atom is -0.507 e. The first-order valence-electron chi connectivity index (χ1n) is 10.8. The highest BCUT2D eigenvalue weighted by molar-refractivity contribution is 7.10. The first-order chi connectivity index (χ1) is 16.0. The molecule has 1 aliphatic heterocycles. The molecule has 1 aromatic heterocycles. The lowest BCUT2D eigenvalue weighted by Gasteiger charge is -2.26. The molecule has 5 nitrogen and oxygen atoms in total. The number of hydrogen-bond donors (Lipinski definition) is 1. The summed E-state index contributed by atoms with van der Waals surface area (Å²) in [5.41, 5.74) is 2.46. The van der Waals surface area contributed by atoms with E-state index in [2.05, 4.69) is 0 Å². The van der Waals surface area contributed by atoms with E-state index in [1.54, 1.807) is 31.4 Å². The van der Waals surface area contributed by atoms with Crippen LogP contribution in [0.5, 0.6) is 5.75 Å². The molecule has 34 heavy (non-hydrogen) atoms. The van der Waals surface area contributed by atoms with Gasteiger partial charge in [0, 0.05) is 26.7 Å². The third-order valence-corrected chi connectivity index (χ3v) is 7.13. The molecule has 1 unspecified atom stereocenters. The minimum atomic E-state index is -0.766. The van der Waals surface area contributed by atoms with Crippen molar-refractivity contribution in [3.05, 3.63) is 86.1 Å². The summed E-state index contributed by atoms with van der Waals surface area (Å²) in [6.07, 6.45) is 0. The Morgan fingerprint density at radius 2 is 1.85 bits per heavy atom. The first kappa shape index (κ1) is 24.0. The smallest absolute Gasteiger partial charge is 0.300 e. The molecule has 1 amide bonds. The summed E-state index contributed by atoms with van der Waals surface area (Å²) in [5, 5.41) is 13.8. The molecule has 0 saturated carbocycles. The van der Waals surface area contributed by atoms with Crippen LogP contribution in [0.2, 0.25) is 5.02 Å². The molecule has 4 rings (SSSR count). The van der Waals surface area contributed by atoms with Crippen LogP contribution < -0.4 is 9.64 Å². The Hall–Kier alpha value is -3.09. The molecule has 1 saturated heterocycles. The van der Waals surface area contributed by atoms with Gasteiger partial charge in [-0.1, -0.05) is 44.5 Å². The topological polar surface area (TPSA) is 66.8 Å². The van der Waals surface area contributed by atoms with E-state index in [-0.39, 0.29) is 16.7 Å². The molecule has 0 radical (unpaired) electrons. The summed E-state index contributed by atoms with van der Waals surface area (Å²) >= 11 is 7.66. The van der Waals surface area contributed by atoms with Gasteiger partial charge in [-0.05, 0) is 59.7 Å². The highest BCUT2D eigenvalue weighted by atomic mass is 35.5. The van der Waals surface area contributed by atoms with Crippen molar-refractivity contribution in [1.82, 2.24) is 0 Å². The van der Waals surface area contributed by atoms with E-state index in [0.29, 0.717) is 22.0 Å². The van der Waals surface area contributed by atoms with Crippen molar-refractivity contribution in [2.24, 2.45) is 0 Å². The third-order valence-electron chi connectivity index (χ3n) is 5.97. The summed E-state index contributed by atoms with van der Waals surface area (Å²) in [7, 11) is 1.60. The van der Waals surface area contributed by atoms with Gasteiger partial charge in [0.25, 0.3) is 11.7 Å². The van der Waals surface area contributed by atoms with E-state index in [1.807, 2.05) is 57.3 Å². The molecule has 3 aromatic rings. The number of aliphatic hydroxyl groups is 1. The Morgan fingerprint density at radius 1 is 1.12 bits per heavy atom. The number of anilines is 1. The average Bonchev–Trinajstić information content (AvgIpc) is 3.41. The lowest BCUT2D eigenvalue weighted by Crippen LogP contribution is -2.29. The second-order valence-corrected chi connectivity index (χ2v) is 10.7. The number of carbonyl (C=O) groups excluding carboxylic acids is 2. The van der Waals surface area contributed by atoms with Gasteiger partial charge in [-0.3, -0.25) is 14.5 Å². The second kappa shape index (κ2) is 8.93. The van der Waals surface area contributed by atoms with E-state index in [1.165, 1.54) is 16.2 Å². The Balaban J connectivity index is 1.96. The lowest BCUT2D eigenvalue weighted by atomic mass is 9.84. The number of nitrogens with zero attached hydrogens (tertiary/aromatic N) is 1. The van der Waals surface area contributed by atoms with Gasteiger partial charge < -0.3 is 9.84 Å². The van der Waals surface area contributed by atoms with Crippen LogP contribution in [0.3, 0.4) is 0 Å². The molecule has 7 heteroatoms. The van der Waals surface area contributed by atoms with Crippen molar-refractivity contribution in [2.75, 3.05) is 12.0 Å². The van der Waals surface area contributed by atoms with Gasteiger partial charge in [-0.2, -0.15) is 0 Å². The zero-order chi connectivity index (χ0) is 24.8. The monoisotopic (exact) mass is 495 g/mol. The van der Waals surface area contributed by atoms with Crippen LogP contribution in [0.1, 0.15) is 48.4 Å². The van der Waals surface area contributed by atoms with Crippen molar-refractivity contribution in [2.45, 2.75) is 39.2 Å². The van der Waals surface area contributed by atoms with E-state index in [0.717, 1.165) is 16.0 Å². The van der Waals surface area contributed by atoms with Gasteiger partial charge in [0.15, 0.2) is 0 Å². The summed E-state index contributed by atoms with van der Waals surface area (Å²) in [4.78, 5) is 28.9. The number of Topliss-reactive ketones (excluding diaryl/α,β-unsaturated/α-hetero) is 1. The van der Waals surface area contributed by atoms with E-state index in [9.17, 15) is 14.7 Å². The first-order valence-corrected chi connectivity index (χ1v) is 12.1. The average molecular weight is 496 g/mol. The fraction of sp³-hybridized carbons (Fsp3) is 0.259. The number of rotatable bonds is 4. The number of methoxy groups -OCH3 is 1. The summed E-state index contributed by atoms with van der Waals surface area (Å²) in [5.74, 6) is -0.959. The number of aliphatic hydroxyl groups excluding tert-OH is 1. The largest absolute Gasteiger partial charge is 0.507 e. The van der Waals surface area contributed by atoms with Crippen LogP contribution in [-0.2, 0) is 15.0 Å². The van der Waals surface area contributed by atoms with Gasteiger partial charge in [-0.25, -0.2) is 0 Å². The Bertz CT molecular complexity index is 1300. The van der Waals surface area contributed by atoms with Gasteiger partial charge >= 0.3 is 0 Å². The summed E-state index contributed by atoms with van der Waals surface area (Å²) < 4.78 is 5.51. The molecular formula is C27H26ClNO4S. The molecule has 0 spiro atoms. The minimum absolute atomic E-state index is 0.0526. The Labute approximate surface area is 208 Å². The Kier molecular flexibility index (Phi) is 6.32. The summed E-state index contributed by atoms with van der Waals surface area (Å²) in [6, 6.07) is 13.5. The summed E-state index contributed by atoms with van der Waals surface area (Å²) in [6.45, 7) is 7.99. The van der Waals surface area contributed by atoms with E-state index >= 15 is 0 Å². The highest BCUT2D eigenvalue weighted by Crippen LogP contribution is 2.45. The van der Waals surface area contributed by atoms with Crippen molar-refractivity contribution in [1.29, 1.82) is 0 Å². The maximum Gasteiger partial charge on any atom is 0.300 e. The Morgan fingerprint density at radius 3 is 2.47 bits per heavy atom. The molecule has 2 aromatic carbocycles. The SMILES string of the molecule is COc1ccc(/C(O)=C2/C(=O)C(=O)N(c3cc(Cl)ccc3C)C2c2cccs2)cc1C(C)(C)C. The maximum absolute atomic E-state index is 13.3. The van der Waals surface area contributed by atoms with Crippen LogP contribution in [0, 0.1) is 6.92 Å². The molecule has 0 aliphatic carbocycles. The molecule has 1 fully saturated rings. The predicted molar refractivity (Wildman–Crippen MR) is 137 cm³/mol. The normalized spacial score (nSPS) is 17.9. The standard InChI is InChI=1S/C27H26ClNO4S/c1-15-8-10-17(28)14-19(15)29-23(21-7-6-12-34-21)22(25(31)26(29)32)24(30)16-9-11-20(33-5)18(13-16)27(2,3)4/h6-14,23,30H,1-5H3/b24-22-. The molecule has 1 atom stereocenters. The van der Waals surface area contributed by atoms with Crippen molar-refractivity contribution < 1.29 is 19.4 Å². The van der Waals surface area contributed by atoms with Crippen molar-refractivity contribution in [3.8, 4) is 5.75 Å². The highest BCUT2D eigenvalue weighted by Gasteiger charge is 2.48. The molecular weight excluding hydrogens is 470 g/mol. The predicted octanol–water partition coefficient (Wildman–Crippen LogP) is 6.64. The molecule has 0 bridgehead atoms.